The maximum Gasteiger partial charge on any atom is 0.182 e. The Morgan fingerprint density at radius 2 is 2.30 bits per heavy atom. The van der Waals surface area contributed by atoms with Crippen LogP contribution in [0.5, 0.6) is 0 Å². The molecular formula is C7H10N2O. The number of Topliss-reactive ketones (excluding diaryl/α,β-unsaturated/α-hetero) is 1. The summed E-state index contributed by atoms with van der Waals surface area (Å²) in [5, 5.41) is 6.89. The van der Waals surface area contributed by atoms with Crippen molar-refractivity contribution in [2.45, 2.75) is 13.3 Å². The number of nitrogens with zero attached hydrogens (tertiary/aromatic N) is 2. The molecule has 0 unspecified atom stereocenters. The topological polar surface area (TPSA) is 41.8 Å². The summed E-state index contributed by atoms with van der Waals surface area (Å²) in [6.07, 6.45) is 1.67. The van der Waals surface area contributed by atoms with Crippen molar-refractivity contribution in [3.8, 4) is 0 Å². The molecule has 0 atom stereocenters. The molecule has 0 radical (unpaired) electrons. The summed E-state index contributed by atoms with van der Waals surface area (Å²) in [5.74, 6) is -0.0920. The third-order valence-corrected chi connectivity index (χ3v) is 0.903. The SMILES string of the molecule is C=CN=NC(=C)C(=O)CC. The van der Waals surface area contributed by atoms with Crippen LogP contribution in [0, 0.1) is 0 Å². The van der Waals surface area contributed by atoms with Crippen LogP contribution in [0.15, 0.2) is 35.3 Å². The van der Waals surface area contributed by atoms with E-state index >= 15 is 0 Å². The average molecular weight is 138 g/mol. The number of allylic oxidation sites excluding steroid dienone is 1. The lowest BCUT2D eigenvalue weighted by molar-refractivity contribution is -0.115. The number of carbonyl (C=O) groups is 1. The fraction of sp³-hybridized carbons (Fsp3) is 0.286. The Kier molecular flexibility index (Phi) is 4.04. The highest BCUT2D eigenvalue weighted by Gasteiger charge is 2.00. The van der Waals surface area contributed by atoms with Crippen molar-refractivity contribution in [1.82, 2.24) is 0 Å². The van der Waals surface area contributed by atoms with Crippen molar-refractivity contribution < 1.29 is 4.79 Å². The van der Waals surface area contributed by atoms with Crippen LogP contribution in [0.3, 0.4) is 0 Å². The highest BCUT2D eigenvalue weighted by Crippen LogP contribution is 1.98. The van der Waals surface area contributed by atoms with E-state index in [9.17, 15) is 4.79 Å². The zero-order valence-electron chi connectivity index (χ0n) is 6.00. The van der Waals surface area contributed by atoms with E-state index in [0.29, 0.717) is 6.42 Å². The molecule has 0 aromatic rings. The highest BCUT2D eigenvalue weighted by atomic mass is 16.1. The molecule has 0 aromatic heterocycles. The lowest BCUT2D eigenvalue weighted by atomic mass is 10.3. The van der Waals surface area contributed by atoms with E-state index in [0.717, 1.165) is 0 Å². The van der Waals surface area contributed by atoms with Crippen molar-refractivity contribution in [2.24, 2.45) is 10.2 Å². The van der Waals surface area contributed by atoms with Gasteiger partial charge in [-0.15, -0.1) is 5.11 Å². The molecule has 0 aromatic carbocycles. The fourth-order valence-electron chi connectivity index (χ4n) is 0.370. The Bertz CT molecular complexity index is 182. The Morgan fingerprint density at radius 1 is 1.70 bits per heavy atom. The molecule has 0 amide bonds. The first-order valence-electron chi connectivity index (χ1n) is 2.96. The van der Waals surface area contributed by atoms with Crippen LogP contribution in [0.2, 0.25) is 0 Å². The maximum atomic E-state index is 10.7. The van der Waals surface area contributed by atoms with Gasteiger partial charge in [-0.1, -0.05) is 20.1 Å². The molecule has 3 heteroatoms. The molecule has 0 aliphatic carbocycles. The van der Waals surface area contributed by atoms with Gasteiger partial charge in [-0.2, -0.15) is 5.11 Å². The van der Waals surface area contributed by atoms with Gasteiger partial charge in [-0.25, -0.2) is 0 Å². The van der Waals surface area contributed by atoms with Crippen LogP contribution in [0.4, 0.5) is 0 Å². The second-order valence-corrected chi connectivity index (χ2v) is 1.62. The van der Waals surface area contributed by atoms with Gasteiger partial charge in [-0.05, 0) is 0 Å². The quantitative estimate of drug-likeness (QED) is 0.433. The van der Waals surface area contributed by atoms with E-state index in [2.05, 4.69) is 23.4 Å². The third-order valence-electron chi connectivity index (χ3n) is 0.903. The molecule has 3 nitrogen and oxygen atoms in total. The van der Waals surface area contributed by atoms with Gasteiger partial charge in [0.05, 0.1) is 0 Å². The van der Waals surface area contributed by atoms with Gasteiger partial charge in [0.2, 0.25) is 0 Å². The third kappa shape index (κ3) is 2.91. The summed E-state index contributed by atoms with van der Waals surface area (Å²) in [4.78, 5) is 10.7. The minimum atomic E-state index is -0.0920. The van der Waals surface area contributed by atoms with Gasteiger partial charge in [0, 0.05) is 12.6 Å². The number of hydrogen-bond donors (Lipinski definition) is 0. The van der Waals surface area contributed by atoms with Crippen molar-refractivity contribution >= 4 is 5.78 Å². The van der Waals surface area contributed by atoms with Gasteiger partial charge in [-0.3, -0.25) is 4.79 Å². The number of hydrogen-bond acceptors (Lipinski definition) is 3. The average Bonchev–Trinajstić information content (AvgIpc) is 1.98. The minimum Gasteiger partial charge on any atom is -0.292 e. The molecule has 10 heavy (non-hydrogen) atoms. The van der Waals surface area contributed by atoms with Crippen molar-refractivity contribution in [3.63, 3.8) is 0 Å². The first-order chi connectivity index (χ1) is 4.72. The largest absolute Gasteiger partial charge is 0.292 e. The van der Waals surface area contributed by atoms with Crippen molar-refractivity contribution in [1.29, 1.82) is 0 Å². The van der Waals surface area contributed by atoms with E-state index < -0.39 is 0 Å². The van der Waals surface area contributed by atoms with Crippen molar-refractivity contribution in [3.05, 3.63) is 25.1 Å². The summed E-state index contributed by atoms with van der Waals surface area (Å²) in [6.45, 7) is 8.46. The maximum absolute atomic E-state index is 10.7. The smallest absolute Gasteiger partial charge is 0.182 e. The van der Waals surface area contributed by atoms with Crippen molar-refractivity contribution in [2.75, 3.05) is 0 Å². The molecule has 0 heterocycles. The molecule has 0 aliphatic rings. The molecular weight excluding hydrogens is 128 g/mol. The van der Waals surface area contributed by atoms with E-state index in [4.69, 9.17) is 0 Å². The Balaban J connectivity index is 3.97. The normalized spacial score (nSPS) is 9.70. The Hall–Kier alpha value is -1.25. The predicted molar refractivity (Wildman–Crippen MR) is 39.5 cm³/mol. The molecule has 54 valence electrons. The number of azo groups is 1. The van der Waals surface area contributed by atoms with Crippen LogP contribution >= 0.6 is 0 Å². The highest BCUT2D eigenvalue weighted by molar-refractivity contribution is 5.93. The van der Waals surface area contributed by atoms with Gasteiger partial charge in [0.15, 0.2) is 5.78 Å². The van der Waals surface area contributed by atoms with Gasteiger partial charge >= 0.3 is 0 Å². The zero-order valence-corrected chi connectivity index (χ0v) is 6.00. The molecule has 0 saturated carbocycles. The summed E-state index contributed by atoms with van der Waals surface area (Å²) in [7, 11) is 0. The Morgan fingerprint density at radius 3 is 2.70 bits per heavy atom. The molecule has 0 saturated heterocycles. The van der Waals surface area contributed by atoms with Gasteiger partial charge < -0.3 is 0 Å². The van der Waals surface area contributed by atoms with Crippen LogP contribution in [0.25, 0.3) is 0 Å². The summed E-state index contributed by atoms with van der Waals surface area (Å²) >= 11 is 0. The molecule has 0 rings (SSSR count). The summed E-state index contributed by atoms with van der Waals surface area (Å²) in [6, 6.07) is 0. The van der Waals surface area contributed by atoms with Crippen LogP contribution in [-0.2, 0) is 4.79 Å². The summed E-state index contributed by atoms with van der Waals surface area (Å²) in [5.41, 5.74) is 0.183. The second-order valence-electron chi connectivity index (χ2n) is 1.62. The van der Waals surface area contributed by atoms with Gasteiger partial charge in [0.25, 0.3) is 0 Å². The lowest BCUT2D eigenvalue weighted by Gasteiger charge is -1.89. The van der Waals surface area contributed by atoms with E-state index in [1.54, 1.807) is 6.92 Å². The van der Waals surface area contributed by atoms with Crippen LogP contribution in [-0.4, -0.2) is 5.78 Å². The molecule has 0 fully saturated rings. The Labute approximate surface area is 60.2 Å². The molecule has 0 spiro atoms. The first-order valence-corrected chi connectivity index (χ1v) is 2.96. The lowest BCUT2D eigenvalue weighted by Crippen LogP contribution is -1.94. The predicted octanol–water partition coefficient (Wildman–Crippen LogP) is 2.07. The van der Waals surface area contributed by atoms with Crippen LogP contribution < -0.4 is 0 Å². The monoisotopic (exact) mass is 138 g/mol. The minimum absolute atomic E-state index is 0.0920. The fourth-order valence-corrected chi connectivity index (χ4v) is 0.370. The van der Waals surface area contributed by atoms with Gasteiger partial charge in [0.1, 0.15) is 5.70 Å². The molecule has 0 N–H and O–H groups in total. The number of carbonyl (C=O) groups excluding carboxylic acids is 1. The van der Waals surface area contributed by atoms with E-state index in [-0.39, 0.29) is 11.5 Å². The van der Waals surface area contributed by atoms with E-state index in [1.165, 1.54) is 6.20 Å². The molecule has 0 bridgehead atoms. The van der Waals surface area contributed by atoms with E-state index in [1.807, 2.05) is 0 Å². The number of ketones is 1. The summed E-state index contributed by atoms with van der Waals surface area (Å²) < 4.78 is 0. The zero-order chi connectivity index (χ0) is 7.98. The molecule has 0 aliphatic heterocycles. The standard InChI is InChI=1S/C7H10N2O/c1-4-7(10)6(3)9-8-5-2/h5H,2-4H2,1H3. The second kappa shape index (κ2) is 4.61. The first kappa shape index (κ1) is 8.75. The van der Waals surface area contributed by atoms with Crippen LogP contribution in [0.1, 0.15) is 13.3 Å². The number of rotatable bonds is 4.